The first-order valence-corrected chi connectivity index (χ1v) is 15.7. The first-order valence-electron chi connectivity index (χ1n) is 15.7. The molecule has 1 saturated heterocycles. The van der Waals surface area contributed by atoms with Gasteiger partial charge in [-0.1, -0.05) is 31.9 Å². The summed E-state index contributed by atoms with van der Waals surface area (Å²) in [5.74, 6) is 2.85. The number of hydrogen-bond donors (Lipinski definition) is 0. The van der Waals surface area contributed by atoms with E-state index in [2.05, 4.69) is 11.8 Å². The van der Waals surface area contributed by atoms with Crippen LogP contribution in [0.2, 0.25) is 0 Å². The maximum Gasteiger partial charge on any atom is 0.305 e. The predicted molar refractivity (Wildman–Crippen MR) is 188 cm³/mol. The highest BCUT2D eigenvalue weighted by molar-refractivity contribution is 6.12. The molecule has 0 atom stereocenters. The molecule has 0 unspecified atom stereocenters. The van der Waals surface area contributed by atoms with Gasteiger partial charge in [-0.3, -0.25) is 9.69 Å². The van der Waals surface area contributed by atoms with E-state index in [9.17, 15) is 4.79 Å². The van der Waals surface area contributed by atoms with Gasteiger partial charge in [-0.15, -0.1) is 0 Å². The lowest BCUT2D eigenvalue weighted by Crippen LogP contribution is -2.30. The largest absolute Gasteiger partial charge is 0.497 e. The molecule has 0 spiro atoms. The lowest BCUT2D eigenvalue weighted by atomic mass is 10.1. The van der Waals surface area contributed by atoms with Gasteiger partial charge in [-0.2, -0.15) is 4.99 Å². The number of benzene rings is 4. The third-order valence-corrected chi connectivity index (χ3v) is 7.88. The van der Waals surface area contributed by atoms with Crippen molar-refractivity contribution in [2.75, 3.05) is 47.0 Å². The second-order valence-corrected chi connectivity index (χ2v) is 10.9. The van der Waals surface area contributed by atoms with Crippen LogP contribution >= 0.6 is 0 Å². The summed E-state index contributed by atoms with van der Waals surface area (Å²) in [4.78, 5) is 22.1. The Morgan fingerprint density at radius 2 is 1.19 bits per heavy atom. The Hall–Kier alpha value is -5.64. The van der Waals surface area contributed by atoms with Crippen molar-refractivity contribution in [1.82, 2.24) is 4.90 Å². The standard InChI is InChI=1S/C38H41N3O7/c1-7-8-9-22-40-37(42)35(48-38(40)39-36-33(46-5)24-32(45-4)25-34(36)47-6)23-26-10-12-27(13-11-26)41(28-14-18-30(43-2)19-15-28)29-16-20-31(44-3)21-17-29/h10-21,23-25H,7-9,22H2,1-6H3/b35-23+,39-38?. The Morgan fingerprint density at radius 1 is 0.688 bits per heavy atom. The Morgan fingerprint density at radius 3 is 1.65 bits per heavy atom. The summed E-state index contributed by atoms with van der Waals surface area (Å²) in [7, 11) is 7.93. The van der Waals surface area contributed by atoms with Crippen LogP contribution in [0.4, 0.5) is 22.7 Å². The summed E-state index contributed by atoms with van der Waals surface area (Å²) in [5, 5.41) is 0. The van der Waals surface area contributed by atoms with Gasteiger partial charge < -0.3 is 33.3 Å². The van der Waals surface area contributed by atoms with Gasteiger partial charge in [0.1, 0.15) is 17.2 Å². The van der Waals surface area contributed by atoms with E-state index < -0.39 is 0 Å². The molecule has 0 N–H and O–H groups in total. The number of unbranched alkanes of at least 4 members (excludes halogenated alkanes) is 2. The predicted octanol–water partition coefficient (Wildman–Crippen LogP) is 8.28. The number of methoxy groups -OCH3 is 5. The van der Waals surface area contributed by atoms with Gasteiger partial charge in [0, 0.05) is 35.7 Å². The van der Waals surface area contributed by atoms with Crippen molar-refractivity contribution >= 4 is 40.8 Å². The van der Waals surface area contributed by atoms with Crippen molar-refractivity contribution in [2.24, 2.45) is 4.99 Å². The first-order chi connectivity index (χ1) is 23.4. The van der Waals surface area contributed by atoms with Gasteiger partial charge >= 0.3 is 6.02 Å². The van der Waals surface area contributed by atoms with Crippen LogP contribution in [0.15, 0.2) is 95.7 Å². The minimum atomic E-state index is -0.265. The van der Waals surface area contributed by atoms with Crippen LogP contribution in [0.1, 0.15) is 31.7 Å². The summed E-state index contributed by atoms with van der Waals surface area (Å²) < 4.78 is 33.4. The van der Waals surface area contributed by atoms with E-state index in [1.807, 2.05) is 72.8 Å². The molecule has 10 nitrogen and oxygen atoms in total. The quantitative estimate of drug-likeness (QED) is 0.0994. The molecule has 1 amide bonds. The minimum absolute atomic E-state index is 0.158. The zero-order valence-electron chi connectivity index (χ0n) is 28.2. The van der Waals surface area contributed by atoms with E-state index in [4.69, 9.17) is 33.4 Å². The molecule has 250 valence electrons. The maximum absolute atomic E-state index is 13.7. The average molecular weight is 652 g/mol. The maximum atomic E-state index is 13.7. The SMILES string of the molecule is CCCCCN1C(=O)/C(=C\c2ccc(N(c3ccc(OC)cc3)c3ccc(OC)cc3)cc2)OC1=Nc1c(OC)cc(OC)cc1OC. The lowest BCUT2D eigenvalue weighted by Gasteiger charge is -2.26. The summed E-state index contributed by atoms with van der Waals surface area (Å²) in [5.41, 5.74) is 4.02. The van der Waals surface area contributed by atoms with Crippen molar-refractivity contribution in [1.29, 1.82) is 0 Å². The second-order valence-electron chi connectivity index (χ2n) is 10.9. The van der Waals surface area contributed by atoms with Gasteiger partial charge in [0.05, 0.1) is 35.5 Å². The third-order valence-electron chi connectivity index (χ3n) is 7.88. The number of amidine groups is 1. The third kappa shape index (κ3) is 7.49. The summed E-state index contributed by atoms with van der Waals surface area (Å²) in [6.07, 6.45) is 4.51. The number of aliphatic imine (C=N–C) groups is 1. The average Bonchev–Trinajstić information content (AvgIpc) is 3.42. The van der Waals surface area contributed by atoms with Gasteiger partial charge in [0.2, 0.25) is 0 Å². The number of rotatable bonds is 14. The zero-order chi connectivity index (χ0) is 34.0. The van der Waals surface area contributed by atoms with Crippen LogP contribution in [0.3, 0.4) is 0 Å². The van der Waals surface area contributed by atoms with Gasteiger partial charge in [0.15, 0.2) is 22.9 Å². The van der Waals surface area contributed by atoms with Crippen LogP contribution in [0.5, 0.6) is 28.7 Å². The Bertz CT molecular complexity index is 1680. The fourth-order valence-corrected chi connectivity index (χ4v) is 5.28. The molecule has 10 heteroatoms. The van der Waals surface area contributed by atoms with Crippen molar-refractivity contribution in [3.05, 3.63) is 96.3 Å². The normalized spacial score (nSPS) is 14.2. The summed E-state index contributed by atoms with van der Waals surface area (Å²) in [6.45, 7) is 2.57. The molecule has 0 aromatic heterocycles. The lowest BCUT2D eigenvalue weighted by molar-refractivity contribution is -0.122. The van der Waals surface area contributed by atoms with Crippen molar-refractivity contribution in [3.8, 4) is 28.7 Å². The smallest absolute Gasteiger partial charge is 0.305 e. The Labute approximate surface area is 281 Å². The van der Waals surface area contributed by atoms with Crippen LogP contribution in [0.25, 0.3) is 6.08 Å². The molecule has 1 aliphatic heterocycles. The number of carbonyl (C=O) groups excluding carboxylic acids is 1. The summed E-state index contributed by atoms with van der Waals surface area (Å²) >= 11 is 0. The van der Waals surface area contributed by atoms with Crippen LogP contribution in [0, 0.1) is 0 Å². The molecule has 0 bridgehead atoms. The van der Waals surface area contributed by atoms with Crippen molar-refractivity contribution in [3.63, 3.8) is 0 Å². The highest BCUT2D eigenvalue weighted by Crippen LogP contribution is 2.42. The molecule has 1 aliphatic rings. The number of nitrogens with zero attached hydrogens (tertiary/aromatic N) is 3. The monoisotopic (exact) mass is 651 g/mol. The molecule has 0 aliphatic carbocycles. The number of amides is 1. The van der Waals surface area contributed by atoms with Crippen molar-refractivity contribution in [2.45, 2.75) is 26.2 Å². The molecule has 4 aromatic rings. The fraction of sp³-hybridized carbons (Fsp3) is 0.263. The van der Waals surface area contributed by atoms with Gasteiger partial charge in [-0.05, 0) is 78.7 Å². The summed E-state index contributed by atoms with van der Waals surface area (Å²) in [6, 6.07) is 27.2. The second kappa shape index (κ2) is 15.8. The van der Waals surface area contributed by atoms with E-state index in [-0.39, 0.29) is 17.7 Å². The Kier molecular flexibility index (Phi) is 11.1. The molecular weight excluding hydrogens is 610 g/mol. The number of ether oxygens (including phenoxy) is 6. The Balaban J connectivity index is 1.48. The van der Waals surface area contributed by atoms with E-state index in [1.54, 1.807) is 44.4 Å². The minimum Gasteiger partial charge on any atom is -0.497 e. The van der Waals surface area contributed by atoms with Gasteiger partial charge in [0.25, 0.3) is 5.91 Å². The van der Waals surface area contributed by atoms with E-state index in [1.165, 1.54) is 14.2 Å². The highest BCUT2D eigenvalue weighted by Gasteiger charge is 2.35. The molecule has 5 rings (SSSR count). The van der Waals surface area contributed by atoms with E-state index in [0.29, 0.717) is 29.5 Å². The molecule has 48 heavy (non-hydrogen) atoms. The van der Waals surface area contributed by atoms with E-state index >= 15 is 0 Å². The molecule has 1 heterocycles. The first kappa shape index (κ1) is 33.7. The van der Waals surface area contributed by atoms with Crippen LogP contribution < -0.4 is 28.6 Å². The van der Waals surface area contributed by atoms with Crippen LogP contribution in [-0.4, -0.2) is 58.9 Å². The fourth-order valence-electron chi connectivity index (χ4n) is 5.28. The van der Waals surface area contributed by atoms with E-state index in [0.717, 1.165) is 53.4 Å². The molecule has 0 radical (unpaired) electrons. The van der Waals surface area contributed by atoms with Crippen molar-refractivity contribution < 1.29 is 33.2 Å². The molecular formula is C38H41N3O7. The molecule has 1 fully saturated rings. The number of hydrogen-bond acceptors (Lipinski definition) is 9. The molecule has 0 saturated carbocycles. The van der Waals surface area contributed by atoms with Gasteiger partial charge in [-0.25, -0.2) is 0 Å². The topological polar surface area (TPSA) is 91.3 Å². The number of anilines is 3. The van der Waals surface area contributed by atoms with Crippen LogP contribution in [-0.2, 0) is 9.53 Å². The highest BCUT2D eigenvalue weighted by atomic mass is 16.5. The molecule has 4 aromatic carbocycles. The zero-order valence-corrected chi connectivity index (χ0v) is 28.2. The number of carbonyl (C=O) groups is 1.